The van der Waals surface area contributed by atoms with Crippen LogP contribution in [-0.2, 0) is 13.1 Å². The van der Waals surface area contributed by atoms with E-state index in [1.165, 1.54) is 31.2 Å². The number of aromatic nitrogens is 2. The Bertz CT molecular complexity index is 356. The first-order valence-corrected chi connectivity index (χ1v) is 6.72. The van der Waals surface area contributed by atoms with E-state index in [2.05, 4.69) is 10.4 Å². The van der Waals surface area contributed by atoms with Crippen LogP contribution in [0, 0.1) is 11.8 Å². The van der Waals surface area contributed by atoms with Crippen molar-refractivity contribution in [2.75, 3.05) is 6.61 Å². The Morgan fingerprint density at radius 2 is 2.06 bits per heavy atom. The Hall–Kier alpha value is -0.870. The van der Waals surface area contributed by atoms with Crippen molar-refractivity contribution in [3.8, 4) is 0 Å². The van der Waals surface area contributed by atoms with Gasteiger partial charge in [0.2, 0.25) is 0 Å². The van der Waals surface area contributed by atoms with Gasteiger partial charge in [0.05, 0.1) is 19.3 Å². The Morgan fingerprint density at radius 1 is 1.35 bits per heavy atom. The van der Waals surface area contributed by atoms with Crippen LogP contribution in [0.4, 0.5) is 0 Å². The number of hydrogen-bond donors (Lipinski definition) is 2. The third-order valence-electron chi connectivity index (χ3n) is 3.82. The van der Waals surface area contributed by atoms with E-state index in [-0.39, 0.29) is 6.61 Å². The minimum Gasteiger partial charge on any atom is -0.394 e. The van der Waals surface area contributed by atoms with Gasteiger partial charge < -0.3 is 10.4 Å². The van der Waals surface area contributed by atoms with Crippen LogP contribution < -0.4 is 5.32 Å². The third kappa shape index (κ3) is 2.87. The summed E-state index contributed by atoms with van der Waals surface area (Å²) in [7, 11) is 0. The van der Waals surface area contributed by atoms with E-state index in [1.54, 1.807) is 4.68 Å². The molecule has 4 heteroatoms. The van der Waals surface area contributed by atoms with Gasteiger partial charge in [0.1, 0.15) is 0 Å². The molecule has 2 aliphatic rings. The lowest BCUT2D eigenvalue weighted by Crippen LogP contribution is -2.32. The Balaban J connectivity index is 1.51. The highest BCUT2D eigenvalue weighted by atomic mass is 16.3. The quantitative estimate of drug-likeness (QED) is 0.745. The second-order valence-electron chi connectivity index (χ2n) is 5.42. The van der Waals surface area contributed by atoms with E-state index in [0.29, 0.717) is 6.54 Å². The monoisotopic (exact) mass is 235 g/mol. The molecule has 17 heavy (non-hydrogen) atoms. The highest BCUT2D eigenvalue weighted by Crippen LogP contribution is 2.44. The van der Waals surface area contributed by atoms with Gasteiger partial charge in [0.25, 0.3) is 0 Å². The summed E-state index contributed by atoms with van der Waals surface area (Å²) in [5.41, 5.74) is 1.23. The smallest absolute Gasteiger partial charge is 0.0640 e. The molecule has 2 saturated carbocycles. The maximum atomic E-state index is 8.83. The molecule has 2 aliphatic carbocycles. The summed E-state index contributed by atoms with van der Waals surface area (Å²) in [5.74, 6) is 1.88. The fraction of sp³-hybridized carbons (Fsp3) is 0.769. The summed E-state index contributed by atoms with van der Waals surface area (Å²) < 4.78 is 1.81. The highest BCUT2D eigenvalue weighted by Gasteiger charge is 2.40. The van der Waals surface area contributed by atoms with Gasteiger partial charge in [0, 0.05) is 24.3 Å². The van der Waals surface area contributed by atoms with Gasteiger partial charge in [0.15, 0.2) is 0 Å². The van der Waals surface area contributed by atoms with Crippen LogP contribution in [0.3, 0.4) is 0 Å². The zero-order chi connectivity index (χ0) is 11.7. The summed E-state index contributed by atoms with van der Waals surface area (Å²) in [5, 5.41) is 16.8. The molecule has 0 radical (unpaired) electrons. The van der Waals surface area contributed by atoms with Crippen LogP contribution in [0.1, 0.15) is 31.2 Å². The van der Waals surface area contributed by atoms with Crippen molar-refractivity contribution in [2.45, 2.75) is 44.8 Å². The molecule has 4 nitrogen and oxygen atoms in total. The molecule has 0 atom stereocenters. The van der Waals surface area contributed by atoms with Crippen molar-refractivity contribution >= 4 is 0 Å². The number of nitrogens with zero attached hydrogens (tertiary/aromatic N) is 2. The van der Waals surface area contributed by atoms with Crippen LogP contribution in [0.2, 0.25) is 0 Å². The lowest BCUT2D eigenvalue weighted by atomic mass is 10.1. The van der Waals surface area contributed by atoms with E-state index in [4.69, 9.17) is 5.11 Å². The second kappa shape index (κ2) is 4.78. The van der Waals surface area contributed by atoms with Gasteiger partial charge in [-0.15, -0.1) is 0 Å². The predicted octanol–water partition coefficient (Wildman–Crippen LogP) is 1.15. The molecule has 1 aromatic heterocycles. The molecule has 3 rings (SSSR count). The first kappa shape index (κ1) is 11.2. The number of aliphatic hydroxyl groups excluding tert-OH is 1. The maximum absolute atomic E-state index is 8.83. The second-order valence-corrected chi connectivity index (χ2v) is 5.42. The van der Waals surface area contributed by atoms with Crippen molar-refractivity contribution < 1.29 is 5.11 Å². The van der Waals surface area contributed by atoms with E-state index in [9.17, 15) is 0 Å². The van der Waals surface area contributed by atoms with Gasteiger partial charge in [-0.2, -0.15) is 5.10 Å². The lowest BCUT2D eigenvalue weighted by Gasteiger charge is -2.16. The molecule has 2 fully saturated rings. The number of nitrogens with one attached hydrogen (secondary N) is 1. The summed E-state index contributed by atoms with van der Waals surface area (Å²) >= 11 is 0. The summed E-state index contributed by atoms with van der Waals surface area (Å²) in [4.78, 5) is 0. The molecule has 94 valence electrons. The fourth-order valence-electron chi connectivity index (χ4n) is 2.59. The largest absolute Gasteiger partial charge is 0.394 e. The van der Waals surface area contributed by atoms with E-state index in [1.807, 2.05) is 12.4 Å². The molecular weight excluding hydrogens is 214 g/mol. The van der Waals surface area contributed by atoms with E-state index >= 15 is 0 Å². The minimum atomic E-state index is 0.154. The first-order valence-electron chi connectivity index (χ1n) is 6.72. The Morgan fingerprint density at radius 3 is 2.65 bits per heavy atom. The highest BCUT2D eigenvalue weighted by molar-refractivity contribution is 5.05. The van der Waals surface area contributed by atoms with Crippen LogP contribution in [0.25, 0.3) is 0 Å². The van der Waals surface area contributed by atoms with Crippen molar-refractivity contribution in [1.29, 1.82) is 0 Å². The SMILES string of the molecule is OCCn1cc(CNC(C2CC2)C2CC2)cn1. The average Bonchev–Trinajstić information content (AvgIpc) is 3.21. The maximum Gasteiger partial charge on any atom is 0.0640 e. The zero-order valence-electron chi connectivity index (χ0n) is 10.2. The molecule has 2 N–H and O–H groups in total. The Kier molecular flexibility index (Phi) is 3.16. The van der Waals surface area contributed by atoms with Crippen molar-refractivity contribution in [3.63, 3.8) is 0 Å². The molecule has 0 aliphatic heterocycles. The predicted molar refractivity (Wildman–Crippen MR) is 65.4 cm³/mol. The van der Waals surface area contributed by atoms with Crippen molar-refractivity contribution in [2.24, 2.45) is 11.8 Å². The van der Waals surface area contributed by atoms with Gasteiger partial charge >= 0.3 is 0 Å². The van der Waals surface area contributed by atoms with E-state index < -0.39 is 0 Å². The minimum absolute atomic E-state index is 0.154. The molecular formula is C13H21N3O. The zero-order valence-corrected chi connectivity index (χ0v) is 10.2. The van der Waals surface area contributed by atoms with Crippen molar-refractivity contribution in [1.82, 2.24) is 15.1 Å². The van der Waals surface area contributed by atoms with Crippen LogP contribution in [0.15, 0.2) is 12.4 Å². The molecule has 0 saturated heterocycles. The van der Waals surface area contributed by atoms with Crippen molar-refractivity contribution in [3.05, 3.63) is 18.0 Å². The van der Waals surface area contributed by atoms with Crippen LogP contribution in [0.5, 0.6) is 0 Å². The molecule has 1 aromatic rings. The fourth-order valence-corrected chi connectivity index (χ4v) is 2.59. The summed E-state index contributed by atoms with van der Waals surface area (Å²) in [6.45, 7) is 1.67. The van der Waals surface area contributed by atoms with Gasteiger partial charge in [-0.3, -0.25) is 4.68 Å². The average molecular weight is 235 g/mol. The topological polar surface area (TPSA) is 50.1 Å². The number of rotatable bonds is 7. The summed E-state index contributed by atoms with van der Waals surface area (Å²) in [6, 6.07) is 0.746. The normalized spacial score (nSPS) is 20.1. The van der Waals surface area contributed by atoms with Gasteiger partial charge in [-0.25, -0.2) is 0 Å². The standard InChI is InChI=1S/C13H21N3O/c17-6-5-16-9-10(8-15-16)7-14-13(11-1-2-11)12-3-4-12/h8-9,11-14,17H,1-7H2. The summed E-state index contributed by atoms with van der Waals surface area (Å²) in [6.07, 6.45) is 9.59. The third-order valence-corrected chi connectivity index (χ3v) is 3.82. The molecule has 0 amide bonds. The van der Waals surface area contributed by atoms with Gasteiger partial charge in [-0.1, -0.05) is 0 Å². The Labute approximate surface area is 102 Å². The van der Waals surface area contributed by atoms with Gasteiger partial charge in [-0.05, 0) is 37.5 Å². The first-order chi connectivity index (χ1) is 8.36. The number of aliphatic hydroxyl groups is 1. The molecule has 0 bridgehead atoms. The lowest BCUT2D eigenvalue weighted by molar-refractivity contribution is 0.269. The molecule has 1 heterocycles. The molecule has 0 unspecified atom stereocenters. The van der Waals surface area contributed by atoms with Crippen LogP contribution in [-0.4, -0.2) is 27.5 Å². The molecule has 0 spiro atoms. The molecule has 0 aromatic carbocycles. The van der Waals surface area contributed by atoms with Crippen LogP contribution >= 0.6 is 0 Å². The number of hydrogen-bond acceptors (Lipinski definition) is 3. The van der Waals surface area contributed by atoms with E-state index in [0.717, 1.165) is 24.4 Å².